The molecule has 4 nitrogen and oxygen atoms in total. The molecule has 0 saturated heterocycles. The van der Waals surface area contributed by atoms with Gasteiger partial charge in [-0.25, -0.2) is 0 Å². The van der Waals surface area contributed by atoms with Crippen LogP contribution in [0, 0.1) is 0 Å². The Kier molecular flexibility index (Phi) is 4.88. The van der Waals surface area contributed by atoms with Crippen molar-refractivity contribution in [3.63, 3.8) is 0 Å². The topological polar surface area (TPSA) is 49.4 Å². The monoisotopic (exact) mass is 336 g/mol. The van der Waals surface area contributed by atoms with Gasteiger partial charge in [0.15, 0.2) is 0 Å². The molecule has 0 aliphatic carbocycles. The zero-order valence-corrected chi connectivity index (χ0v) is 14.8. The first kappa shape index (κ1) is 17.2. The lowest BCUT2D eigenvalue weighted by Crippen LogP contribution is -2.41. The number of nitrogens with one attached hydrogen (secondary N) is 1. The second-order valence-corrected chi connectivity index (χ2v) is 6.58. The van der Waals surface area contributed by atoms with Gasteiger partial charge in [-0.3, -0.25) is 9.59 Å². The van der Waals surface area contributed by atoms with Gasteiger partial charge in [0.1, 0.15) is 0 Å². The second kappa shape index (κ2) is 7.09. The Labute approximate surface area is 148 Å². The predicted molar refractivity (Wildman–Crippen MR) is 99.6 cm³/mol. The number of fused-ring (bicyclic) bond motifs is 1. The van der Waals surface area contributed by atoms with Crippen LogP contribution in [0.3, 0.4) is 0 Å². The van der Waals surface area contributed by atoms with E-state index in [9.17, 15) is 9.59 Å². The van der Waals surface area contributed by atoms with Crippen molar-refractivity contribution >= 4 is 17.5 Å². The molecule has 0 radical (unpaired) electrons. The van der Waals surface area contributed by atoms with E-state index in [1.165, 1.54) is 0 Å². The fourth-order valence-electron chi connectivity index (χ4n) is 3.77. The maximum Gasteiger partial charge on any atom is 0.237 e. The quantitative estimate of drug-likeness (QED) is 0.881. The van der Waals surface area contributed by atoms with E-state index in [4.69, 9.17) is 0 Å². The number of carbonyl (C=O) groups is 2. The number of anilines is 1. The molecular formula is C21H24N2O2. The molecule has 1 heterocycles. The van der Waals surface area contributed by atoms with E-state index in [-0.39, 0.29) is 11.8 Å². The predicted octanol–water partition coefficient (Wildman–Crippen LogP) is 3.06. The van der Waals surface area contributed by atoms with Gasteiger partial charge < -0.3 is 10.2 Å². The van der Waals surface area contributed by atoms with Gasteiger partial charge in [0, 0.05) is 25.7 Å². The molecule has 4 heteroatoms. The Bertz CT molecular complexity index is 772. The highest BCUT2D eigenvalue weighted by Gasteiger charge is 2.49. The van der Waals surface area contributed by atoms with Crippen LogP contribution < -0.4 is 10.2 Å². The number of carbonyl (C=O) groups excluding carboxylic acids is 2. The van der Waals surface area contributed by atoms with Crippen LogP contribution in [-0.4, -0.2) is 25.4 Å². The van der Waals surface area contributed by atoms with Crippen molar-refractivity contribution in [2.75, 3.05) is 18.5 Å². The largest absolute Gasteiger partial charge is 0.356 e. The van der Waals surface area contributed by atoms with Gasteiger partial charge in [-0.1, -0.05) is 48.5 Å². The van der Waals surface area contributed by atoms with Crippen LogP contribution in [0.4, 0.5) is 5.69 Å². The van der Waals surface area contributed by atoms with E-state index in [1.54, 1.807) is 4.90 Å². The van der Waals surface area contributed by atoms with Crippen LogP contribution in [0.15, 0.2) is 54.6 Å². The smallest absolute Gasteiger partial charge is 0.237 e. The Balaban J connectivity index is 2.00. The summed E-state index contributed by atoms with van der Waals surface area (Å²) < 4.78 is 0. The zero-order valence-electron chi connectivity index (χ0n) is 14.8. The highest BCUT2D eigenvalue weighted by Crippen LogP contribution is 2.46. The summed E-state index contributed by atoms with van der Waals surface area (Å²) in [6, 6.07) is 18.0. The van der Waals surface area contributed by atoms with E-state index < -0.39 is 5.41 Å². The van der Waals surface area contributed by atoms with Crippen molar-refractivity contribution in [2.45, 2.75) is 31.6 Å². The van der Waals surface area contributed by atoms with Crippen LogP contribution in [-0.2, 0) is 21.4 Å². The Morgan fingerprint density at radius 3 is 2.48 bits per heavy atom. The van der Waals surface area contributed by atoms with E-state index >= 15 is 0 Å². The van der Waals surface area contributed by atoms with E-state index in [1.807, 2.05) is 68.6 Å². The van der Waals surface area contributed by atoms with Gasteiger partial charge in [0.05, 0.1) is 5.41 Å². The molecule has 3 rings (SSSR count). The third-order valence-corrected chi connectivity index (χ3v) is 5.00. The van der Waals surface area contributed by atoms with Crippen molar-refractivity contribution in [3.8, 4) is 0 Å². The molecule has 0 saturated carbocycles. The molecule has 0 fully saturated rings. The molecule has 25 heavy (non-hydrogen) atoms. The second-order valence-electron chi connectivity index (χ2n) is 6.58. The SMILES string of the molecule is CCNC(=O)CCC1(Cc2ccccc2)C(=O)N(C)c2ccccc21. The van der Waals surface area contributed by atoms with E-state index in [0.717, 1.165) is 16.8 Å². The molecule has 0 aromatic heterocycles. The summed E-state index contributed by atoms with van der Waals surface area (Å²) >= 11 is 0. The summed E-state index contributed by atoms with van der Waals surface area (Å²) in [4.78, 5) is 27.0. The highest BCUT2D eigenvalue weighted by atomic mass is 16.2. The third-order valence-electron chi connectivity index (χ3n) is 5.00. The molecular weight excluding hydrogens is 312 g/mol. The Morgan fingerprint density at radius 2 is 1.76 bits per heavy atom. The molecule has 1 atom stereocenters. The summed E-state index contributed by atoms with van der Waals surface area (Å²) in [6.45, 7) is 2.51. The molecule has 2 amide bonds. The molecule has 0 bridgehead atoms. The number of amides is 2. The van der Waals surface area contributed by atoms with Gasteiger partial charge >= 0.3 is 0 Å². The molecule has 2 aromatic rings. The van der Waals surface area contributed by atoms with Crippen LogP contribution in [0.1, 0.15) is 30.9 Å². The minimum absolute atomic E-state index is 0.00484. The summed E-state index contributed by atoms with van der Waals surface area (Å²) in [7, 11) is 1.82. The lowest BCUT2D eigenvalue weighted by Gasteiger charge is -2.28. The number of benzene rings is 2. The van der Waals surface area contributed by atoms with Gasteiger partial charge in [0.2, 0.25) is 11.8 Å². The minimum atomic E-state index is -0.683. The van der Waals surface area contributed by atoms with Gasteiger partial charge in [-0.05, 0) is 37.0 Å². The van der Waals surface area contributed by atoms with Gasteiger partial charge in [-0.2, -0.15) is 0 Å². The summed E-state index contributed by atoms with van der Waals surface area (Å²) in [5.41, 5.74) is 2.39. The van der Waals surface area contributed by atoms with Crippen LogP contribution in [0.2, 0.25) is 0 Å². The summed E-state index contributed by atoms with van der Waals surface area (Å²) in [6.07, 6.45) is 1.45. The number of rotatable bonds is 6. The number of hydrogen-bond donors (Lipinski definition) is 1. The van der Waals surface area contributed by atoms with Crippen molar-refractivity contribution in [3.05, 3.63) is 65.7 Å². The third kappa shape index (κ3) is 3.16. The van der Waals surface area contributed by atoms with Crippen molar-refractivity contribution in [2.24, 2.45) is 0 Å². The molecule has 1 N–H and O–H groups in total. The van der Waals surface area contributed by atoms with Crippen molar-refractivity contribution in [1.82, 2.24) is 5.32 Å². The Hall–Kier alpha value is -2.62. The minimum Gasteiger partial charge on any atom is -0.356 e. The fraction of sp³-hybridized carbons (Fsp3) is 0.333. The number of nitrogens with zero attached hydrogens (tertiary/aromatic N) is 1. The van der Waals surface area contributed by atoms with Crippen molar-refractivity contribution < 1.29 is 9.59 Å². The summed E-state index contributed by atoms with van der Waals surface area (Å²) in [5.74, 6) is 0.0663. The standard InChI is InChI=1S/C21H24N2O2/c1-3-22-19(24)13-14-21(15-16-9-5-4-6-10-16)17-11-7-8-12-18(17)23(2)20(21)25/h4-12H,3,13-15H2,1-2H3,(H,22,24). The normalized spacial score (nSPS) is 19.0. The molecule has 1 aliphatic heterocycles. The van der Waals surface area contributed by atoms with Gasteiger partial charge in [0.25, 0.3) is 0 Å². The molecule has 1 aliphatic rings. The summed E-state index contributed by atoms with van der Waals surface area (Å²) in [5, 5.41) is 2.84. The van der Waals surface area contributed by atoms with Crippen LogP contribution >= 0.6 is 0 Å². The van der Waals surface area contributed by atoms with Crippen LogP contribution in [0.25, 0.3) is 0 Å². The molecule has 1 unspecified atom stereocenters. The lowest BCUT2D eigenvalue weighted by molar-refractivity contribution is -0.124. The maximum absolute atomic E-state index is 13.3. The molecule has 2 aromatic carbocycles. The first-order valence-electron chi connectivity index (χ1n) is 8.77. The number of para-hydroxylation sites is 1. The lowest BCUT2D eigenvalue weighted by atomic mass is 9.73. The first-order valence-corrected chi connectivity index (χ1v) is 8.77. The highest BCUT2D eigenvalue weighted by molar-refractivity contribution is 6.08. The van der Waals surface area contributed by atoms with Gasteiger partial charge in [-0.15, -0.1) is 0 Å². The zero-order chi connectivity index (χ0) is 17.9. The first-order chi connectivity index (χ1) is 12.1. The van der Waals surface area contributed by atoms with Crippen LogP contribution in [0.5, 0.6) is 0 Å². The molecule has 130 valence electrons. The Morgan fingerprint density at radius 1 is 1.08 bits per heavy atom. The maximum atomic E-state index is 13.3. The number of likely N-dealkylation sites (N-methyl/N-ethyl adjacent to an activating group) is 1. The van der Waals surface area contributed by atoms with E-state index in [0.29, 0.717) is 25.8 Å². The van der Waals surface area contributed by atoms with Crippen molar-refractivity contribution in [1.29, 1.82) is 0 Å². The average molecular weight is 336 g/mol. The fourth-order valence-corrected chi connectivity index (χ4v) is 3.77. The average Bonchev–Trinajstić information content (AvgIpc) is 2.84. The molecule has 0 spiro atoms. The van der Waals surface area contributed by atoms with E-state index in [2.05, 4.69) is 5.32 Å². The number of hydrogen-bond acceptors (Lipinski definition) is 2.